The molecule has 0 fully saturated rings. The Kier molecular flexibility index (Phi) is 4.17. The van der Waals surface area contributed by atoms with Crippen molar-refractivity contribution in [2.45, 2.75) is 27.3 Å². The molecule has 0 atom stereocenters. The molecule has 108 valence electrons. The van der Waals surface area contributed by atoms with Crippen LogP contribution in [0.25, 0.3) is 0 Å². The zero-order chi connectivity index (χ0) is 14.6. The molecule has 1 aromatic rings. The lowest BCUT2D eigenvalue weighted by Crippen LogP contribution is -2.31. The first kappa shape index (κ1) is 14.2. The second-order valence-corrected chi connectivity index (χ2v) is 5.71. The molecule has 2 N–H and O–H groups in total. The summed E-state index contributed by atoms with van der Waals surface area (Å²) in [6.07, 6.45) is 3.60. The van der Waals surface area contributed by atoms with Crippen LogP contribution >= 0.6 is 0 Å². The van der Waals surface area contributed by atoms with Gasteiger partial charge in [-0.1, -0.05) is 32.9 Å². The van der Waals surface area contributed by atoms with Crippen molar-refractivity contribution in [1.82, 2.24) is 10.6 Å². The fraction of sp³-hybridized carbons (Fsp3) is 0.400. The second kappa shape index (κ2) is 5.86. The number of nitrogens with one attached hydrogen (secondary N) is 2. The van der Waals surface area contributed by atoms with E-state index in [0.29, 0.717) is 6.54 Å². The lowest BCUT2D eigenvalue weighted by Gasteiger charge is -2.11. The number of urea groups is 1. The molecule has 1 aliphatic rings. The van der Waals surface area contributed by atoms with Crippen LogP contribution in [0.4, 0.5) is 4.79 Å². The summed E-state index contributed by atoms with van der Waals surface area (Å²) >= 11 is 0. The Morgan fingerprint density at radius 1 is 1.30 bits per heavy atom. The van der Waals surface area contributed by atoms with Crippen LogP contribution in [-0.4, -0.2) is 12.8 Å². The highest BCUT2D eigenvalue weighted by Crippen LogP contribution is 2.32. The van der Waals surface area contributed by atoms with Gasteiger partial charge in [0.1, 0.15) is 0 Å². The molecule has 0 aromatic heterocycles. The van der Waals surface area contributed by atoms with Gasteiger partial charge < -0.3 is 20.1 Å². The van der Waals surface area contributed by atoms with E-state index in [0.717, 1.165) is 17.1 Å². The average Bonchev–Trinajstić information content (AvgIpc) is 2.82. The number of amides is 2. The number of benzene rings is 1. The second-order valence-electron chi connectivity index (χ2n) is 5.71. The number of allylic oxidation sites excluding steroid dienone is 1. The molecule has 0 saturated heterocycles. The third kappa shape index (κ3) is 4.19. The molecule has 2 rings (SSSR count). The lowest BCUT2D eigenvalue weighted by atomic mass is 9.97. The summed E-state index contributed by atoms with van der Waals surface area (Å²) in [6, 6.07) is 5.38. The van der Waals surface area contributed by atoms with Crippen molar-refractivity contribution >= 4 is 6.03 Å². The van der Waals surface area contributed by atoms with Crippen LogP contribution in [0.1, 0.15) is 26.3 Å². The molecule has 0 saturated carbocycles. The van der Waals surface area contributed by atoms with E-state index in [-0.39, 0.29) is 18.2 Å². The highest BCUT2D eigenvalue weighted by atomic mass is 16.7. The summed E-state index contributed by atoms with van der Waals surface area (Å²) < 4.78 is 10.5. The predicted octanol–water partition coefficient (Wildman–Crippen LogP) is 2.77. The Balaban J connectivity index is 1.80. The van der Waals surface area contributed by atoms with Crippen LogP contribution in [0.2, 0.25) is 0 Å². The third-order valence-electron chi connectivity index (χ3n) is 2.69. The fourth-order valence-corrected chi connectivity index (χ4v) is 1.65. The Hall–Kier alpha value is -2.17. The van der Waals surface area contributed by atoms with Gasteiger partial charge in [0.25, 0.3) is 0 Å². The van der Waals surface area contributed by atoms with Gasteiger partial charge in [0, 0.05) is 12.7 Å². The minimum atomic E-state index is -0.233. The molecule has 1 aliphatic heterocycles. The quantitative estimate of drug-likeness (QED) is 0.892. The Morgan fingerprint density at radius 3 is 2.80 bits per heavy atom. The molecule has 0 unspecified atom stereocenters. The normalized spacial score (nSPS) is 13.6. The van der Waals surface area contributed by atoms with Crippen LogP contribution in [0.15, 0.2) is 30.5 Å². The predicted molar refractivity (Wildman–Crippen MR) is 76.5 cm³/mol. The zero-order valence-electron chi connectivity index (χ0n) is 12.0. The molecule has 1 aromatic carbocycles. The number of carbonyl (C=O) groups excluding carboxylic acids is 1. The van der Waals surface area contributed by atoms with Crippen molar-refractivity contribution in [3.05, 3.63) is 36.0 Å². The fourth-order valence-electron chi connectivity index (χ4n) is 1.65. The lowest BCUT2D eigenvalue weighted by molar-refractivity contribution is 0.174. The Morgan fingerprint density at radius 2 is 2.05 bits per heavy atom. The molecule has 1 heterocycles. The maximum absolute atomic E-state index is 11.6. The molecular weight excluding hydrogens is 256 g/mol. The summed E-state index contributed by atoms with van der Waals surface area (Å²) in [6.45, 7) is 6.89. The van der Waals surface area contributed by atoms with Crippen molar-refractivity contribution in [2.24, 2.45) is 5.41 Å². The molecule has 5 nitrogen and oxygen atoms in total. The molecule has 2 amide bonds. The van der Waals surface area contributed by atoms with E-state index in [9.17, 15) is 4.79 Å². The Bertz CT molecular complexity index is 518. The third-order valence-corrected chi connectivity index (χ3v) is 2.69. The molecule has 0 spiro atoms. The van der Waals surface area contributed by atoms with Crippen LogP contribution in [0, 0.1) is 5.41 Å². The summed E-state index contributed by atoms with van der Waals surface area (Å²) in [5, 5.41) is 5.45. The van der Waals surface area contributed by atoms with E-state index in [2.05, 4.69) is 31.4 Å². The smallest absolute Gasteiger partial charge is 0.319 e. The van der Waals surface area contributed by atoms with Gasteiger partial charge in [-0.15, -0.1) is 0 Å². The first-order valence-electron chi connectivity index (χ1n) is 6.55. The van der Waals surface area contributed by atoms with E-state index < -0.39 is 0 Å². The minimum Gasteiger partial charge on any atom is -0.454 e. The summed E-state index contributed by atoms with van der Waals surface area (Å²) in [5.41, 5.74) is 1.01. The van der Waals surface area contributed by atoms with Gasteiger partial charge in [0.15, 0.2) is 11.5 Å². The molecule has 5 heteroatoms. The molecule has 0 aliphatic carbocycles. The topological polar surface area (TPSA) is 59.6 Å². The summed E-state index contributed by atoms with van der Waals surface area (Å²) in [4.78, 5) is 11.6. The Labute approximate surface area is 119 Å². The maximum atomic E-state index is 11.6. The highest BCUT2D eigenvalue weighted by Gasteiger charge is 2.13. The number of hydrogen-bond donors (Lipinski definition) is 2. The van der Waals surface area contributed by atoms with Crippen LogP contribution in [0.5, 0.6) is 11.5 Å². The zero-order valence-corrected chi connectivity index (χ0v) is 12.0. The SMILES string of the molecule is CC(C)(C)/C=C/NC(=O)NCc1ccc2c(c1)OCO2. The van der Waals surface area contributed by atoms with Gasteiger partial charge in [-0.25, -0.2) is 4.79 Å². The summed E-state index contributed by atoms with van der Waals surface area (Å²) in [5.74, 6) is 1.46. The number of ether oxygens (including phenoxy) is 2. The number of hydrogen-bond acceptors (Lipinski definition) is 3. The minimum absolute atomic E-state index is 0.0462. The van der Waals surface area contributed by atoms with Crippen molar-refractivity contribution < 1.29 is 14.3 Å². The van der Waals surface area contributed by atoms with Crippen molar-refractivity contribution in [2.75, 3.05) is 6.79 Å². The van der Waals surface area contributed by atoms with Crippen molar-refractivity contribution in [3.8, 4) is 11.5 Å². The van der Waals surface area contributed by atoms with Crippen molar-refractivity contribution in [1.29, 1.82) is 0 Å². The standard InChI is InChI=1S/C15H20N2O3/c1-15(2,3)6-7-16-14(18)17-9-11-4-5-12-13(8-11)20-10-19-12/h4-8H,9-10H2,1-3H3,(H2,16,17,18)/b7-6+. The molecule has 0 bridgehead atoms. The first-order valence-corrected chi connectivity index (χ1v) is 6.55. The van der Waals surface area contributed by atoms with E-state index in [4.69, 9.17) is 9.47 Å². The number of rotatable bonds is 3. The monoisotopic (exact) mass is 276 g/mol. The largest absolute Gasteiger partial charge is 0.454 e. The van der Waals surface area contributed by atoms with Crippen LogP contribution in [-0.2, 0) is 6.54 Å². The number of fused-ring (bicyclic) bond motifs is 1. The van der Waals surface area contributed by atoms with E-state index in [1.54, 1.807) is 6.20 Å². The van der Waals surface area contributed by atoms with E-state index in [1.807, 2.05) is 24.3 Å². The van der Waals surface area contributed by atoms with Crippen molar-refractivity contribution in [3.63, 3.8) is 0 Å². The molecular formula is C15H20N2O3. The van der Waals surface area contributed by atoms with Gasteiger partial charge in [0.05, 0.1) is 0 Å². The average molecular weight is 276 g/mol. The molecule has 0 radical (unpaired) electrons. The van der Waals surface area contributed by atoms with E-state index >= 15 is 0 Å². The van der Waals surface area contributed by atoms with Gasteiger partial charge >= 0.3 is 6.03 Å². The van der Waals surface area contributed by atoms with Gasteiger partial charge in [-0.2, -0.15) is 0 Å². The first-order chi connectivity index (χ1) is 9.44. The van der Waals surface area contributed by atoms with Crippen LogP contribution < -0.4 is 20.1 Å². The highest BCUT2D eigenvalue weighted by molar-refractivity contribution is 5.74. The van der Waals surface area contributed by atoms with Gasteiger partial charge in [-0.05, 0) is 23.1 Å². The van der Waals surface area contributed by atoms with Crippen LogP contribution in [0.3, 0.4) is 0 Å². The van der Waals surface area contributed by atoms with Gasteiger partial charge in [0.2, 0.25) is 6.79 Å². The summed E-state index contributed by atoms with van der Waals surface area (Å²) in [7, 11) is 0. The number of carbonyl (C=O) groups is 1. The van der Waals surface area contributed by atoms with E-state index in [1.165, 1.54) is 0 Å². The van der Waals surface area contributed by atoms with Gasteiger partial charge in [-0.3, -0.25) is 0 Å². The maximum Gasteiger partial charge on any atom is 0.319 e. The molecule has 20 heavy (non-hydrogen) atoms.